The number of para-hydroxylation sites is 2. The average molecular weight is 325 g/mol. The summed E-state index contributed by atoms with van der Waals surface area (Å²) < 4.78 is 0. The number of pyridine rings is 2. The van der Waals surface area contributed by atoms with Crippen molar-refractivity contribution >= 4 is 22.5 Å². The Morgan fingerprint density at radius 1 is 0.800 bits per heavy atom. The Morgan fingerprint density at radius 2 is 1.56 bits per heavy atom. The molecule has 0 atom stereocenters. The number of fused-ring (bicyclic) bond motifs is 1. The molecule has 0 saturated carbocycles. The number of hydrogen-bond donors (Lipinski definition) is 1. The Hall–Kier alpha value is -3.53. The fourth-order valence-corrected chi connectivity index (χ4v) is 2.86. The summed E-state index contributed by atoms with van der Waals surface area (Å²) in [5.41, 5.74) is 4.13. The molecule has 2 heterocycles. The van der Waals surface area contributed by atoms with Crippen molar-refractivity contribution < 1.29 is 4.79 Å². The highest BCUT2D eigenvalue weighted by Gasteiger charge is 2.13. The lowest BCUT2D eigenvalue weighted by Crippen LogP contribution is -2.13. The van der Waals surface area contributed by atoms with Crippen LogP contribution in [0.3, 0.4) is 0 Å². The van der Waals surface area contributed by atoms with Gasteiger partial charge in [0.05, 0.1) is 11.1 Å². The second kappa shape index (κ2) is 6.53. The molecule has 4 aromatic rings. The molecule has 0 bridgehead atoms. The van der Waals surface area contributed by atoms with Crippen LogP contribution in [0.4, 0.5) is 5.69 Å². The highest BCUT2D eigenvalue weighted by atomic mass is 16.1. The average Bonchev–Trinajstić information content (AvgIpc) is 2.68. The smallest absolute Gasteiger partial charge is 0.256 e. The first-order valence-corrected chi connectivity index (χ1v) is 7.97. The van der Waals surface area contributed by atoms with E-state index in [4.69, 9.17) is 0 Å². The summed E-state index contributed by atoms with van der Waals surface area (Å²) in [6.07, 6.45) is 5.14. The quantitative estimate of drug-likeness (QED) is 0.601. The van der Waals surface area contributed by atoms with Crippen molar-refractivity contribution in [2.45, 2.75) is 0 Å². The van der Waals surface area contributed by atoms with Crippen LogP contribution >= 0.6 is 0 Å². The van der Waals surface area contributed by atoms with Crippen molar-refractivity contribution in [1.29, 1.82) is 0 Å². The van der Waals surface area contributed by atoms with Crippen LogP contribution in [0.5, 0.6) is 0 Å². The second-order valence-corrected chi connectivity index (χ2v) is 5.61. The summed E-state index contributed by atoms with van der Waals surface area (Å²) in [6.45, 7) is 0. The van der Waals surface area contributed by atoms with Crippen LogP contribution in [0, 0.1) is 0 Å². The normalized spacial score (nSPS) is 10.6. The number of anilines is 1. The summed E-state index contributed by atoms with van der Waals surface area (Å²) in [7, 11) is 0. The number of benzene rings is 2. The van der Waals surface area contributed by atoms with Crippen molar-refractivity contribution in [3.8, 4) is 11.1 Å². The van der Waals surface area contributed by atoms with Gasteiger partial charge in [-0.05, 0) is 35.9 Å². The summed E-state index contributed by atoms with van der Waals surface area (Å²) in [5.74, 6) is -0.153. The minimum atomic E-state index is -0.153. The molecule has 1 amide bonds. The van der Waals surface area contributed by atoms with E-state index in [1.54, 1.807) is 24.7 Å². The fourth-order valence-electron chi connectivity index (χ4n) is 2.86. The van der Waals surface area contributed by atoms with Crippen molar-refractivity contribution in [2.24, 2.45) is 0 Å². The van der Waals surface area contributed by atoms with Gasteiger partial charge in [-0.1, -0.05) is 36.4 Å². The molecule has 0 fully saturated rings. The van der Waals surface area contributed by atoms with Gasteiger partial charge < -0.3 is 5.32 Å². The maximum Gasteiger partial charge on any atom is 0.256 e. The number of amides is 1. The van der Waals surface area contributed by atoms with Crippen LogP contribution in [0.2, 0.25) is 0 Å². The number of nitrogens with zero attached hydrogens (tertiary/aromatic N) is 2. The third-order valence-corrected chi connectivity index (χ3v) is 4.06. The molecule has 0 unspecified atom stereocenters. The van der Waals surface area contributed by atoms with E-state index in [0.717, 1.165) is 27.7 Å². The van der Waals surface area contributed by atoms with Gasteiger partial charge in [-0.25, -0.2) is 0 Å². The van der Waals surface area contributed by atoms with Gasteiger partial charge in [0.15, 0.2) is 0 Å². The molecule has 0 radical (unpaired) electrons. The van der Waals surface area contributed by atoms with Crippen molar-refractivity contribution in [1.82, 2.24) is 9.97 Å². The Labute approximate surface area is 145 Å². The number of hydrogen-bond acceptors (Lipinski definition) is 3. The van der Waals surface area contributed by atoms with Crippen LogP contribution in [0.15, 0.2) is 85.3 Å². The molecule has 2 aromatic carbocycles. The number of carbonyl (C=O) groups is 1. The van der Waals surface area contributed by atoms with Gasteiger partial charge >= 0.3 is 0 Å². The number of nitrogens with one attached hydrogen (secondary N) is 1. The van der Waals surface area contributed by atoms with Crippen LogP contribution < -0.4 is 5.32 Å². The highest BCUT2D eigenvalue weighted by Crippen LogP contribution is 2.28. The SMILES string of the molecule is O=C(Nc1ccccc1-c1ccncc1)c1ccnc2ccccc12. The molecule has 2 aromatic heterocycles. The predicted octanol–water partition coefficient (Wildman–Crippen LogP) is 4.55. The first-order valence-electron chi connectivity index (χ1n) is 7.97. The lowest BCUT2D eigenvalue weighted by molar-refractivity contribution is 0.102. The predicted molar refractivity (Wildman–Crippen MR) is 99.4 cm³/mol. The van der Waals surface area contributed by atoms with E-state index in [2.05, 4.69) is 15.3 Å². The Kier molecular flexibility index (Phi) is 3.92. The molecule has 4 heteroatoms. The first kappa shape index (κ1) is 15.0. The summed E-state index contributed by atoms with van der Waals surface area (Å²) in [4.78, 5) is 21.2. The molecule has 25 heavy (non-hydrogen) atoms. The van der Waals surface area contributed by atoms with Crippen molar-refractivity contribution in [3.05, 3.63) is 90.9 Å². The molecule has 0 spiro atoms. The monoisotopic (exact) mass is 325 g/mol. The van der Waals surface area contributed by atoms with Crippen LogP contribution in [0.25, 0.3) is 22.0 Å². The maximum absolute atomic E-state index is 12.9. The highest BCUT2D eigenvalue weighted by molar-refractivity contribution is 6.13. The zero-order valence-electron chi connectivity index (χ0n) is 13.4. The molecule has 0 aliphatic heterocycles. The lowest BCUT2D eigenvalue weighted by atomic mass is 10.0. The third kappa shape index (κ3) is 2.97. The standard InChI is InChI=1S/C21H15N3O/c25-21(18-11-14-23-19-7-3-2-6-17(18)19)24-20-8-4-1-5-16(20)15-9-12-22-13-10-15/h1-14H,(H,24,25). The summed E-state index contributed by atoms with van der Waals surface area (Å²) in [5, 5.41) is 3.87. The van der Waals surface area contributed by atoms with Crippen LogP contribution in [-0.4, -0.2) is 15.9 Å². The van der Waals surface area contributed by atoms with Crippen LogP contribution in [-0.2, 0) is 0 Å². The van der Waals surface area contributed by atoms with Gasteiger partial charge in [0, 0.05) is 35.2 Å². The second-order valence-electron chi connectivity index (χ2n) is 5.61. The lowest BCUT2D eigenvalue weighted by Gasteiger charge is -2.12. The summed E-state index contributed by atoms with van der Waals surface area (Å²) in [6, 6.07) is 21.0. The van der Waals surface area contributed by atoms with Gasteiger partial charge in [-0.15, -0.1) is 0 Å². The zero-order chi connectivity index (χ0) is 17.1. The minimum absolute atomic E-state index is 0.153. The number of carbonyl (C=O) groups excluding carboxylic acids is 1. The van der Waals surface area contributed by atoms with E-state index in [1.165, 1.54) is 0 Å². The zero-order valence-corrected chi connectivity index (χ0v) is 13.4. The van der Waals surface area contributed by atoms with Crippen LogP contribution in [0.1, 0.15) is 10.4 Å². The topological polar surface area (TPSA) is 54.9 Å². The largest absolute Gasteiger partial charge is 0.321 e. The molecular weight excluding hydrogens is 310 g/mol. The number of aromatic nitrogens is 2. The van der Waals surface area contributed by atoms with Gasteiger partial charge in [0.25, 0.3) is 5.91 Å². The third-order valence-electron chi connectivity index (χ3n) is 4.06. The maximum atomic E-state index is 12.9. The van der Waals surface area contributed by atoms with E-state index in [9.17, 15) is 4.79 Å². The molecule has 1 N–H and O–H groups in total. The van der Waals surface area contributed by atoms with E-state index in [-0.39, 0.29) is 5.91 Å². The first-order chi connectivity index (χ1) is 12.3. The Morgan fingerprint density at radius 3 is 2.44 bits per heavy atom. The van der Waals surface area contributed by atoms with Crippen molar-refractivity contribution in [2.75, 3.05) is 5.32 Å². The minimum Gasteiger partial charge on any atom is -0.321 e. The van der Waals surface area contributed by atoms with E-state index in [1.807, 2.05) is 60.7 Å². The molecule has 0 aliphatic carbocycles. The van der Waals surface area contributed by atoms with E-state index < -0.39 is 0 Å². The van der Waals surface area contributed by atoms with Gasteiger partial charge in [0.1, 0.15) is 0 Å². The molecule has 4 nitrogen and oxygen atoms in total. The fraction of sp³-hybridized carbons (Fsp3) is 0. The molecule has 4 rings (SSSR count). The number of rotatable bonds is 3. The van der Waals surface area contributed by atoms with Gasteiger partial charge in [0.2, 0.25) is 0 Å². The van der Waals surface area contributed by atoms with Crippen molar-refractivity contribution in [3.63, 3.8) is 0 Å². The molecular formula is C21H15N3O. The van der Waals surface area contributed by atoms with Gasteiger partial charge in [-0.3, -0.25) is 14.8 Å². The molecule has 0 aliphatic rings. The summed E-state index contributed by atoms with van der Waals surface area (Å²) >= 11 is 0. The van der Waals surface area contributed by atoms with E-state index >= 15 is 0 Å². The molecule has 0 saturated heterocycles. The van der Waals surface area contributed by atoms with Gasteiger partial charge in [-0.2, -0.15) is 0 Å². The Bertz CT molecular complexity index is 1040. The van der Waals surface area contributed by atoms with E-state index in [0.29, 0.717) is 5.56 Å². The Balaban J connectivity index is 1.72. The molecule has 120 valence electrons.